The van der Waals surface area contributed by atoms with Crippen molar-refractivity contribution in [3.63, 3.8) is 0 Å². The Bertz CT molecular complexity index is 490. The minimum Gasteiger partial charge on any atom is -0.451 e. The van der Waals surface area contributed by atoms with Gasteiger partial charge in [-0.3, -0.25) is 4.79 Å². The van der Waals surface area contributed by atoms with E-state index in [-0.39, 0.29) is 5.76 Å². The molecule has 1 amide bonds. The van der Waals surface area contributed by atoms with Crippen molar-refractivity contribution in [1.29, 1.82) is 0 Å². The highest BCUT2D eigenvalue weighted by Gasteiger charge is 2.16. The lowest BCUT2D eigenvalue weighted by atomic mass is 10.1. The molecule has 0 unspecified atom stereocenters. The van der Waals surface area contributed by atoms with E-state index in [1.54, 1.807) is 0 Å². The Labute approximate surface area is 89.0 Å². The zero-order chi connectivity index (χ0) is 10.1. The number of hydrogen-bond donors (Lipinski definition) is 1. The molecule has 2 N–H and O–H groups in total. The third kappa shape index (κ3) is 1.32. The van der Waals surface area contributed by atoms with Gasteiger partial charge in [0.25, 0.3) is 5.91 Å². The smallest absolute Gasteiger partial charge is 0.284 e. The zero-order valence-corrected chi connectivity index (χ0v) is 8.87. The summed E-state index contributed by atoms with van der Waals surface area (Å²) in [5, 5.41) is 1.49. The predicted octanol–water partition coefficient (Wildman–Crippen LogP) is 2.43. The van der Waals surface area contributed by atoms with Gasteiger partial charge in [-0.25, -0.2) is 0 Å². The molecule has 1 aromatic heterocycles. The van der Waals surface area contributed by atoms with Crippen LogP contribution < -0.4 is 5.73 Å². The number of alkyl halides is 1. The minimum atomic E-state index is -0.532. The first-order valence-electron chi connectivity index (χ1n) is 4.10. The van der Waals surface area contributed by atoms with E-state index in [2.05, 4.69) is 15.9 Å². The van der Waals surface area contributed by atoms with Crippen molar-refractivity contribution in [2.75, 3.05) is 0 Å². The van der Waals surface area contributed by atoms with Crippen molar-refractivity contribution in [3.05, 3.63) is 35.6 Å². The lowest BCUT2D eigenvalue weighted by Crippen LogP contribution is -2.11. The maximum Gasteiger partial charge on any atom is 0.284 e. The highest BCUT2D eigenvalue weighted by molar-refractivity contribution is 9.08. The van der Waals surface area contributed by atoms with Crippen molar-refractivity contribution >= 4 is 32.8 Å². The molecular formula is C10H8BrNO2. The largest absolute Gasteiger partial charge is 0.451 e. The molecule has 0 saturated heterocycles. The summed E-state index contributed by atoms with van der Waals surface area (Å²) in [6, 6.07) is 7.47. The van der Waals surface area contributed by atoms with Crippen molar-refractivity contribution in [2.24, 2.45) is 5.73 Å². The third-order valence-electron chi connectivity index (χ3n) is 2.06. The van der Waals surface area contributed by atoms with Crippen LogP contribution in [0.1, 0.15) is 16.1 Å². The summed E-state index contributed by atoms with van der Waals surface area (Å²) < 4.78 is 5.35. The summed E-state index contributed by atoms with van der Waals surface area (Å²) in [5.41, 5.74) is 6.70. The van der Waals surface area contributed by atoms with Gasteiger partial charge in [0.15, 0.2) is 5.76 Å². The summed E-state index contributed by atoms with van der Waals surface area (Å²) in [7, 11) is 0. The monoisotopic (exact) mass is 253 g/mol. The van der Waals surface area contributed by atoms with E-state index in [9.17, 15) is 4.79 Å². The topological polar surface area (TPSA) is 56.2 Å². The highest BCUT2D eigenvalue weighted by atomic mass is 79.9. The van der Waals surface area contributed by atoms with Crippen LogP contribution in [0.25, 0.3) is 11.0 Å². The van der Waals surface area contributed by atoms with E-state index in [1.165, 1.54) is 0 Å². The van der Waals surface area contributed by atoms with E-state index in [4.69, 9.17) is 10.2 Å². The number of para-hydroxylation sites is 1. The van der Waals surface area contributed by atoms with Gasteiger partial charge >= 0.3 is 0 Å². The molecule has 1 heterocycles. The van der Waals surface area contributed by atoms with Gasteiger partial charge in [0, 0.05) is 16.3 Å². The molecule has 0 saturated carbocycles. The Morgan fingerprint density at radius 1 is 1.43 bits per heavy atom. The Morgan fingerprint density at radius 2 is 2.14 bits per heavy atom. The fraction of sp³-hybridized carbons (Fsp3) is 0.100. The number of hydrogen-bond acceptors (Lipinski definition) is 2. The van der Waals surface area contributed by atoms with Crippen molar-refractivity contribution in [1.82, 2.24) is 0 Å². The number of carbonyl (C=O) groups is 1. The van der Waals surface area contributed by atoms with Crippen LogP contribution in [0.15, 0.2) is 28.7 Å². The third-order valence-corrected chi connectivity index (χ3v) is 2.62. The summed E-state index contributed by atoms with van der Waals surface area (Å²) in [5.74, 6) is -0.293. The second-order valence-corrected chi connectivity index (χ2v) is 3.46. The molecule has 0 bridgehead atoms. The Morgan fingerprint density at radius 3 is 2.79 bits per heavy atom. The van der Waals surface area contributed by atoms with Gasteiger partial charge in [-0.05, 0) is 6.07 Å². The lowest BCUT2D eigenvalue weighted by Gasteiger charge is -1.92. The number of furan rings is 1. The molecule has 1 aromatic carbocycles. The first kappa shape index (κ1) is 9.27. The molecule has 4 heteroatoms. The van der Waals surface area contributed by atoms with Gasteiger partial charge in [-0.15, -0.1) is 0 Å². The van der Waals surface area contributed by atoms with Gasteiger partial charge in [0.2, 0.25) is 0 Å². The van der Waals surface area contributed by atoms with Crippen LogP contribution in [0.5, 0.6) is 0 Å². The van der Waals surface area contributed by atoms with E-state index >= 15 is 0 Å². The standard InChI is InChI=1S/C10H8BrNO2/c11-5-7-6-3-1-2-4-8(6)14-9(7)10(12)13/h1-4H,5H2,(H2,12,13). The second kappa shape index (κ2) is 3.46. The molecule has 0 aliphatic carbocycles. The van der Waals surface area contributed by atoms with Crippen LogP contribution in [0.4, 0.5) is 0 Å². The van der Waals surface area contributed by atoms with Crippen molar-refractivity contribution < 1.29 is 9.21 Å². The maximum atomic E-state index is 11.1. The summed E-state index contributed by atoms with van der Waals surface area (Å²) in [6.45, 7) is 0. The zero-order valence-electron chi connectivity index (χ0n) is 7.29. The lowest BCUT2D eigenvalue weighted by molar-refractivity contribution is 0.0975. The van der Waals surface area contributed by atoms with E-state index < -0.39 is 5.91 Å². The van der Waals surface area contributed by atoms with E-state index in [1.807, 2.05) is 24.3 Å². The van der Waals surface area contributed by atoms with Crippen LogP contribution in [-0.2, 0) is 5.33 Å². The van der Waals surface area contributed by atoms with E-state index in [0.717, 1.165) is 10.9 Å². The molecule has 72 valence electrons. The summed E-state index contributed by atoms with van der Waals surface area (Å²) in [6.07, 6.45) is 0. The minimum absolute atomic E-state index is 0.239. The molecule has 0 aliphatic heterocycles. The number of rotatable bonds is 2. The number of nitrogens with two attached hydrogens (primary N) is 1. The molecule has 14 heavy (non-hydrogen) atoms. The van der Waals surface area contributed by atoms with Gasteiger partial charge in [-0.1, -0.05) is 34.1 Å². The summed E-state index contributed by atoms with van der Waals surface area (Å²) >= 11 is 3.31. The van der Waals surface area contributed by atoms with Crippen LogP contribution in [0, 0.1) is 0 Å². The number of carbonyl (C=O) groups excluding carboxylic acids is 1. The first-order valence-corrected chi connectivity index (χ1v) is 5.22. The maximum absolute atomic E-state index is 11.1. The molecule has 0 atom stereocenters. The van der Waals surface area contributed by atoms with Crippen LogP contribution in [0.3, 0.4) is 0 Å². The molecule has 2 aromatic rings. The Balaban J connectivity index is 2.78. The molecule has 0 fully saturated rings. The number of halogens is 1. The predicted molar refractivity (Wildman–Crippen MR) is 57.4 cm³/mol. The van der Waals surface area contributed by atoms with Gasteiger partial charge < -0.3 is 10.2 Å². The fourth-order valence-electron chi connectivity index (χ4n) is 1.43. The summed E-state index contributed by atoms with van der Waals surface area (Å²) in [4.78, 5) is 11.1. The molecule has 3 nitrogen and oxygen atoms in total. The van der Waals surface area contributed by atoms with Crippen LogP contribution >= 0.6 is 15.9 Å². The normalized spacial score (nSPS) is 10.6. The molecule has 0 radical (unpaired) electrons. The number of primary amides is 1. The second-order valence-electron chi connectivity index (χ2n) is 2.90. The highest BCUT2D eigenvalue weighted by Crippen LogP contribution is 2.27. The van der Waals surface area contributed by atoms with Gasteiger partial charge in [0.1, 0.15) is 5.58 Å². The van der Waals surface area contributed by atoms with Crippen molar-refractivity contribution in [3.8, 4) is 0 Å². The number of fused-ring (bicyclic) bond motifs is 1. The first-order chi connectivity index (χ1) is 6.74. The van der Waals surface area contributed by atoms with E-state index in [0.29, 0.717) is 10.9 Å². The molecule has 0 spiro atoms. The average molecular weight is 254 g/mol. The molecular weight excluding hydrogens is 246 g/mol. The number of benzene rings is 1. The van der Waals surface area contributed by atoms with Gasteiger partial charge in [-0.2, -0.15) is 0 Å². The molecule has 2 rings (SSSR count). The Kier molecular flexibility index (Phi) is 2.29. The quantitative estimate of drug-likeness (QED) is 0.836. The van der Waals surface area contributed by atoms with Crippen LogP contribution in [-0.4, -0.2) is 5.91 Å². The average Bonchev–Trinajstić information content (AvgIpc) is 2.56. The fourth-order valence-corrected chi connectivity index (χ4v) is 1.99. The van der Waals surface area contributed by atoms with Gasteiger partial charge in [0.05, 0.1) is 0 Å². The van der Waals surface area contributed by atoms with Crippen molar-refractivity contribution in [2.45, 2.75) is 5.33 Å². The van der Waals surface area contributed by atoms with Crippen LogP contribution in [0.2, 0.25) is 0 Å². The molecule has 0 aliphatic rings. The Hall–Kier alpha value is -1.29. The number of amides is 1. The SMILES string of the molecule is NC(=O)c1oc2ccccc2c1CBr.